The molecule has 1 aliphatic rings. The third kappa shape index (κ3) is 10.6. The van der Waals surface area contributed by atoms with Crippen molar-refractivity contribution in [2.24, 2.45) is 10.4 Å². The number of aliphatic carboxylic acids is 1. The van der Waals surface area contributed by atoms with Crippen molar-refractivity contribution in [2.75, 3.05) is 24.3 Å². The van der Waals surface area contributed by atoms with Crippen LogP contribution in [0.5, 0.6) is 0 Å². The van der Waals surface area contributed by atoms with Crippen LogP contribution >= 0.6 is 35.0 Å². The van der Waals surface area contributed by atoms with Crippen molar-refractivity contribution in [1.29, 1.82) is 0 Å². The number of benzene rings is 2. The largest absolute Gasteiger partial charge is 0.481 e. The molecular formula is C41H44Cl2N4O10S. The van der Waals surface area contributed by atoms with E-state index in [0.29, 0.717) is 17.5 Å². The van der Waals surface area contributed by atoms with E-state index >= 15 is 0 Å². The number of H-pyrrole nitrogens is 1. The zero-order chi connectivity index (χ0) is 42.9. The van der Waals surface area contributed by atoms with E-state index in [1.165, 1.54) is 19.9 Å². The number of nitrogens with zero attached hydrogens (tertiary/aromatic N) is 1. The van der Waals surface area contributed by atoms with E-state index in [9.17, 15) is 33.9 Å². The molecule has 0 saturated carbocycles. The van der Waals surface area contributed by atoms with Crippen molar-refractivity contribution < 1.29 is 48.1 Å². The Morgan fingerprint density at radius 1 is 0.879 bits per heavy atom. The van der Waals surface area contributed by atoms with Gasteiger partial charge in [0.25, 0.3) is 5.91 Å². The molecule has 0 radical (unpaired) electrons. The molecule has 2 amide bonds. The van der Waals surface area contributed by atoms with Crippen LogP contribution < -0.4 is 10.6 Å². The molecular weight excluding hydrogens is 811 g/mol. The van der Waals surface area contributed by atoms with Gasteiger partial charge in [-0.3, -0.25) is 19.2 Å². The number of carboxylic acids is 1. The monoisotopic (exact) mass is 854 g/mol. The van der Waals surface area contributed by atoms with Gasteiger partial charge < -0.3 is 34.9 Å². The number of thioether (sulfide) groups is 1. The number of halogens is 2. The Morgan fingerprint density at radius 3 is 2.03 bits per heavy atom. The Labute approximate surface area is 349 Å². The van der Waals surface area contributed by atoms with E-state index in [1.807, 2.05) is 6.92 Å². The number of aromatic nitrogens is 1. The Bertz CT molecular complexity index is 2210. The summed E-state index contributed by atoms with van der Waals surface area (Å²) in [5.74, 6) is -5.49. The van der Waals surface area contributed by atoms with Crippen LogP contribution in [0.3, 0.4) is 0 Å². The van der Waals surface area contributed by atoms with Gasteiger partial charge in [-0.05, 0) is 66.2 Å². The summed E-state index contributed by atoms with van der Waals surface area (Å²) in [4.78, 5) is 86.5. The van der Waals surface area contributed by atoms with Gasteiger partial charge >= 0.3 is 23.9 Å². The SMILES string of the molecule is CCOC(=O)C1=C(c2ccccc2Cl)C(=Cc2[nH]c(NC(=O)C(C)OC(=O)C(C)(C)CC)c(C(=O)OCC)c2-c2ccccc2Cl)N=C1NC(=O)C(C)SCC(=O)O. The maximum atomic E-state index is 13.9. The molecule has 4 N–H and O–H groups in total. The minimum atomic E-state index is -1.29. The predicted octanol–water partition coefficient (Wildman–Crippen LogP) is 7.56. The number of carbonyl (C=O) groups excluding carboxylic acids is 5. The quantitative estimate of drug-likeness (QED) is 0.0818. The molecule has 0 aliphatic carbocycles. The van der Waals surface area contributed by atoms with Crippen LogP contribution in [0.15, 0.2) is 64.8 Å². The van der Waals surface area contributed by atoms with E-state index in [1.54, 1.807) is 76.2 Å². The lowest BCUT2D eigenvalue weighted by molar-refractivity contribution is -0.162. The molecule has 1 aliphatic heterocycles. The molecule has 0 bridgehead atoms. The van der Waals surface area contributed by atoms with Crippen LogP contribution in [0, 0.1) is 5.41 Å². The van der Waals surface area contributed by atoms with Gasteiger partial charge in [0, 0.05) is 32.3 Å². The molecule has 14 nitrogen and oxygen atoms in total. The van der Waals surface area contributed by atoms with Crippen LogP contribution in [0.1, 0.15) is 76.5 Å². The standard InChI is InChI=1S/C41H44Cl2N4O10S/c1-8-41(6,7)40(54)57-21(4)36(50)46-34-32(38(52)55-9-2)30(23-15-11-13-17-25(23)42)27(44-34)19-28-31(24-16-12-14-18-26(24)43)33(39(53)56-10-3)35(45-28)47-37(51)22(5)58-20-29(48)49/h11-19,21-22,44H,8-10,20H2,1-7H3,(H,46,50)(H,48,49)(H,45,47,51). The molecule has 2 unspecified atom stereocenters. The molecule has 17 heteroatoms. The number of allylic oxidation sites excluding steroid dienone is 1. The highest BCUT2D eigenvalue weighted by Crippen LogP contribution is 2.43. The first-order valence-corrected chi connectivity index (χ1v) is 20.1. The fourth-order valence-electron chi connectivity index (χ4n) is 5.45. The third-order valence-electron chi connectivity index (χ3n) is 8.94. The highest BCUT2D eigenvalue weighted by Gasteiger charge is 2.36. The first-order chi connectivity index (χ1) is 27.4. The average Bonchev–Trinajstić information content (AvgIpc) is 3.71. The minimum absolute atomic E-state index is 0.0330. The fraction of sp³-hybridized carbons (Fsp3) is 0.341. The Hall–Kier alpha value is -5.38. The van der Waals surface area contributed by atoms with E-state index in [0.717, 1.165) is 11.8 Å². The Morgan fingerprint density at radius 2 is 1.47 bits per heavy atom. The number of hydrogen-bond donors (Lipinski definition) is 4. The number of aliphatic imine (C=N–C) groups is 1. The van der Waals surface area contributed by atoms with Gasteiger partial charge in [0.05, 0.1) is 41.0 Å². The first-order valence-electron chi connectivity index (χ1n) is 18.3. The molecule has 0 fully saturated rings. The average molecular weight is 856 g/mol. The smallest absolute Gasteiger partial charge is 0.342 e. The van der Waals surface area contributed by atoms with E-state index in [-0.39, 0.29) is 74.3 Å². The van der Waals surface area contributed by atoms with Crippen molar-refractivity contribution in [1.82, 2.24) is 10.3 Å². The number of esters is 3. The fourth-order valence-corrected chi connectivity index (χ4v) is 6.52. The zero-order valence-electron chi connectivity index (χ0n) is 32.9. The lowest BCUT2D eigenvalue weighted by atomic mass is 9.90. The van der Waals surface area contributed by atoms with Gasteiger partial charge in [0.1, 0.15) is 22.8 Å². The molecule has 4 rings (SSSR count). The third-order valence-corrected chi connectivity index (χ3v) is 10.7. The normalized spacial score (nSPS) is 14.4. The minimum Gasteiger partial charge on any atom is -0.481 e. The highest BCUT2D eigenvalue weighted by atomic mass is 35.5. The van der Waals surface area contributed by atoms with Gasteiger partial charge in [-0.2, -0.15) is 0 Å². The van der Waals surface area contributed by atoms with Gasteiger partial charge in [-0.1, -0.05) is 66.5 Å². The summed E-state index contributed by atoms with van der Waals surface area (Å²) < 4.78 is 16.4. The van der Waals surface area contributed by atoms with Crippen molar-refractivity contribution in [3.63, 3.8) is 0 Å². The molecule has 3 aromatic rings. The number of amides is 2. The zero-order valence-corrected chi connectivity index (χ0v) is 35.2. The first kappa shape index (κ1) is 45.3. The van der Waals surface area contributed by atoms with Crippen LogP contribution in [0.4, 0.5) is 5.82 Å². The number of amidine groups is 1. The molecule has 0 saturated heterocycles. The summed E-state index contributed by atoms with van der Waals surface area (Å²) in [5, 5.41) is 14.1. The molecule has 0 spiro atoms. The van der Waals surface area contributed by atoms with Crippen LogP contribution in [-0.4, -0.2) is 81.9 Å². The predicted molar refractivity (Wildman–Crippen MR) is 224 cm³/mol. The number of nitrogens with one attached hydrogen (secondary N) is 3. The second kappa shape index (κ2) is 19.9. The van der Waals surface area contributed by atoms with Gasteiger partial charge in [0.2, 0.25) is 5.91 Å². The maximum Gasteiger partial charge on any atom is 0.342 e. The number of aromatic amines is 1. The summed E-state index contributed by atoms with van der Waals surface area (Å²) in [5.41, 5.74) is 0.0505. The van der Waals surface area contributed by atoms with Crippen molar-refractivity contribution in [3.8, 4) is 11.1 Å². The van der Waals surface area contributed by atoms with Crippen molar-refractivity contribution >= 4 is 94.0 Å². The molecule has 1 aromatic heterocycles. The molecule has 2 heterocycles. The number of hydrogen-bond acceptors (Lipinski definition) is 11. The topological polar surface area (TPSA) is 203 Å². The summed E-state index contributed by atoms with van der Waals surface area (Å²) in [6.45, 7) is 11.3. The summed E-state index contributed by atoms with van der Waals surface area (Å²) in [6.07, 6.45) is 0.650. The van der Waals surface area contributed by atoms with E-state index in [2.05, 4.69) is 20.6 Å². The number of carboxylic acid groups (broad SMARTS) is 1. The Balaban J connectivity index is 2.02. The molecule has 2 aromatic carbocycles. The lowest BCUT2D eigenvalue weighted by Gasteiger charge is -2.23. The van der Waals surface area contributed by atoms with Crippen LogP contribution in [0.25, 0.3) is 22.8 Å². The second-order valence-electron chi connectivity index (χ2n) is 13.4. The molecule has 308 valence electrons. The second-order valence-corrected chi connectivity index (χ2v) is 15.6. The van der Waals surface area contributed by atoms with Gasteiger partial charge in [-0.25, -0.2) is 14.6 Å². The number of rotatable bonds is 16. The van der Waals surface area contributed by atoms with E-state index in [4.69, 9.17) is 37.4 Å². The molecule has 2 atom stereocenters. The van der Waals surface area contributed by atoms with Crippen molar-refractivity contribution in [2.45, 2.75) is 66.2 Å². The summed E-state index contributed by atoms with van der Waals surface area (Å²) >= 11 is 14.3. The van der Waals surface area contributed by atoms with Crippen LogP contribution in [-0.2, 0) is 38.2 Å². The number of carbonyl (C=O) groups is 6. The maximum absolute atomic E-state index is 13.9. The number of ether oxygens (including phenoxy) is 3. The summed E-state index contributed by atoms with van der Waals surface area (Å²) in [7, 11) is 0. The van der Waals surface area contributed by atoms with Crippen LogP contribution in [0.2, 0.25) is 10.0 Å². The Kier molecular flexibility index (Phi) is 15.5. The lowest BCUT2D eigenvalue weighted by Crippen LogP contribution is -2.38. The van der Waals surface area contributed by atoms with Gasteiger partial charge in [-0.15, -0.1) is 11.8 Å². The number of anilines is 1. The van der Waals surface area contributed by atoms with E-state index < -0.39 is 52.5 Å². The highest BCUT2D eigenvalue weighted by molar-refractivity contribution is 8.01. The summed E-state index contributed by atoms with van der Waals surface area (Å²) in [6, 6.07) is 13.2. The van der Waals surface area contributed by atoms with Gasteiger partial charge in [0.15, 0.2) is 6.10 Å². The molecule has 58 heavy (non-hydrogen) atoms. The van der Waals surface area contributed by atoms with Crippen molar-refractivity contribution in [3.05, 3.63) is 86.7 Å².